The van der Waals surface area contributed by atoms with Crippen molar-refractivity contribution in [2.75, 3.05) is 0 Å². The third-order valence-corrected chi connectivity index (χ3v) is 3.08. The number of nitrogens with one attached hydrogen (secondary N) is 1. The zero-order valence-electron chi connectivity index (χ0n) is 11.7. The largest absolute Gasteiger partial charge is 0.472 e. The standard InChI is InChI=1S/C15H15ClN2O3/c1-10(2)18(17-14(19)12-7-8-21-9-12)15(20)11-3-5-13(16)6-4-11/h3-10H,1-2H3,(H,17,19). The number of carbonyl (C=O) groups is 2. The number of nitrogens with zero attached hydrogens (tertiary/aromatic N) is 1. The summed E-state index contributed by atoms with van der Waals surface area (Å²) < 4.78 is 4.86. The quantitative estimate of drug-likeness (QED) is 0.886. The molecule has 0 aliphatic heterocycles. The van der Waals surface area contributed by atoms with Gasteiger partial charge in [-0.05, 0) is 44.2 Å². The lowest BCUT2D eigenvalue weighted by Gasteiger charge is -2.27. The van der Waals surface area contributed by atoms with Crippen molar-refractivity contribution in [1.82, 2.24) is 10.4 Å². The van der Waals surface area contributed by atoms with Gasteiger partial charge in [-0.2, -0.15) is 0 Å². The van der Waals surface area contributed by atoms with E-state index in [2.05, 4.69) is 5.43 Å². The highest BCUT2D eigenvalue weighted by atomic mass is 35.5. The van der Waals surface area contributed by atoms with Gasteiger partial charge in [-0.25, -0.2) is 5.01 Å². The highest BCUT2D eigenvalue weighted by Gasteiger charge is 2.22. The van der Waals surface area contributed by atoms with Crippen LogP contribution in [0.15, 0.2) is 47.3 Å². The molecule has 0 fully saturated rings. The van der Waals surface area contributed by atoms with Gasteiger partial charge in [0.15, 0.2) is 0 Å². The van der Waals surface area contributed by atoms with E-state index in [1.165, 1.54) is 23.6 Å². The lowest BCUT2D eigenvalue weighted by molar-refractivity contribution is 0.0516. The summed E-state index contributed by atoms with van der Waals surface area (Å²) in [6.07, 6.45) is 2.72. The molecule has 2 aromatic rings. The molecule has 0 radical (unpaired) electrons. The molecule has 1 aromatic carbocycles. The van der Waals surface area contributed by atoms with Crippen LogP contribution in [-0.2, 0) is 0 Å². The molecule has 1 N–H and O–H groups in total. The van der Waals surface area contributed by atoms with Crippen molar-refractivity contribution in [3.05, 3.63) is 59.0 Å². The molecule has 0 bridgehead atoms. The fourth-order valence-electron chi connectivity index (χ4n) is 1.71. The van der Waals surface area contributed by atoms with Crippen molar-refractivity contribution in [2.24, 2.45) is 0 Å². The van der Waals surface area contributed by atoms with Crippen molar-refractivity contribution in [2.45, 2.75) is 19.9 Å². The minimum absolute atomic E-state index is 0.205. The van der Waals surface area contributed by atoms with Gasteiger partial charge in [-0.15, -0.1) is 0 Å². The average molecular weight is 307 g/mol. The Labute approximate surface area is 127 Å². The molecule has 0 unspecified atom stereocenters. The third kappa shape index (κ3) is 3.64. The van der Waals surface area contributed by atoms with Crippen LogP contribution in [0.25, 0.3) is 0 Å². The maximum Gasteiger partial charge on any atom is 0.273 e. The van der Waals surface area contributed by atoms with Crippen molar-refractivity contribution >= 4 is 23.4 Å². The third-order valence-electron chi connectivity index (χ3n) is 2.83. The van der Waals surface area contributed by atoms with E-state index < -0.39 is 5.91 Å². The Morgan fingerprint density at radius 3 is 2.33 bits per heavy atom. The maximum atomic E-state index is 12.4. The molecular formula is C15H15ClN2O3. The van der Waals surface area contributed by atoms with Crippen molar-refractivity contribution in [3.63, 3.8) is 0 Å². The summed E-state index contributed by atoms with van der Waals surface area (Å²) >= 11 is 5.81. The summed E-state index contributed by atoms with van der Waals surface area (Å²) in [6.45, 7) is 3.62. The molecule has 2 amide bonds. The van der Waals surface area contributed by atoms with E-state index in [1.54, 1.807) is 24.3 Å². The van der Waals surface area contributed by atoms with Gasteiger partial charge in [0.1, 0.15) is 6.26 Å². The normalized spacial score (nSPS) is 10.5. The molecule has 0 aliphatic rings. The van der Waals surface area contributed by atoms with Crippen LogP contribution < -0.4 is 5.43 Å². The number of carbonyl (C=O) groups excluding carboxylic acids is 2. The number of hydrogen-bond donors (Lipinski definition) is 1. The molecule has 6 heteroatoms. The lowest BCUT2D eigenvalue weighted by Crippen LogP contribution is -2.50. The molecule has 5 nitrogen and oxygen atoms in total. The van der Waals surface area contributed by atoms with E-state index in [-0.39, 0.29) is 11.9 Å². The molecular weight excluding hydrogens is 292 g/mol. The minimum atomic E-state index is -0.403. The summed E-state index contributed by atoms with van der Waals surface area (Å²) in [5.41, 5.74) is 3.38. The fourth-order valence-corrected chi connectivity index (χ4v) is 1.84. The zero-order valence-corrected chi connectivity index (χ0v) is 12.4. The molecule has 0 aliphatic carbocycles. The molecule has 0 spiro atoms. The van der Waals surface area contributed by atoms with Gasteiger partial charge in [-0.1, -0.05) is 11.6 Å². The highest BCUT2D eigenvalue weighted by Crippen LogP contribution is 2.12. The second kappa shape index (κ2) is 6.45. The average Bonchev–Trinajstić information content (AvgIpc) is 2.98. The number of halogens is 1. The van der Waals surface area contributed by atoms with Gasteiger partial charge in [0.25, 0.3) is 11.8 Å². The summed E-state index contributed by atoms with van der Waals surface area (Å²) in [5, 5.41) is 1.82. The second-order valence-corrected chi connectivity index (χ2v) is 5.17. The summed E-state index contributed by atoms with van der Waals surface area (Å²) in [7, 11) is 0. The van der Waals surface area contributed by atoms with Gasteiger partial charge >= 0.3 is 0 Å². The van der Waals surface area contributed by atoms with Gasteiger partial charge < -0.3 is 4.42 Å². The van der Waals surface area contributed by atoms with Gasteiger partial charge in [0.2, 0.25) is 0 Å². The fraction of sp³-hybridized carbons (Fsp3) is 0.200. The monoisotopic (exact) mass is 306 g/mol. The lowest BCUT2D eigenvalue weighted by atomic mass is 10.2. The number of benzene rings is 1. The second-order valence-electron chi connectivity index (χ2n) is 4.73. The van der Waals surface area contributed by atoms with Crippen LogP contribution in [0.4, 0.5) is 0 Å². The Bertz CT molecular complexity index is 621. The van der Waals surface area contributed by atoms with Crippen LogP contribution in [0.3, 0.4) is 0 Å². The Kier molecular flexibility index (Phi) is 4.65. The van der Waals surface area contributed by atoms with Crippen molar-refractivity contribution in [1.29, 1.82) is 0 Å². The Hall–Kier alpha value is -2.27. The van der Waals surface area contributed by atoms with Gasteiger partial charge in [0, 0.05) is 16.6 Å². The van der Waals surface area contributed by atoms with E-state index in [9.17, 15) is 9.59 Å². The van der Waals surface area contributed by atoms with Crippen LogP contribution in [0.2, 0.25) is 5.02 Å². The SMILES string of the molecule is CC(C)N(NC(=O)c1ccoc1)C(=O)c1ccc(Cl)cc1. The molecule has 2 rings (SSSR count). The molecule has 21 heavy (non-hydrogen) atoms. The summed E-state index contributed by atoms with van der Waals surface area (Å²) in [4.78, 5) is 24.5. The summed E-state index contributed by atoms with van der Waals surface area (Å²) in [6, 6.07) is 7.81. The molecule has 0 atom stereocenters. The summed E-state index contributed by atoms with van der Waals surface area (Å²) in [5.74, 6) is -0.710. The zero-order chi connectivity index (χ0) is 15.4. The Morgan fingerprint density at radius 2 is 1.81 bits per heavy atom. The van der Waals surface area contributed by atoms with Crippen LogP contribution in [0.1, 0.15) is 34.6 Å². The van der Waals surface area contributed by atoms with E-state index >= 15 is 0 Å². The minimum Gasteiger partial charge on any atom is -0.472 e. The van der Waals surface area contributed by atoms with Crippen LogP contribution in [0, 0.1) is 0 Å². The van der Waals surface area contributed by atoms with Crippen molar-refractivity contribution < 1.29 is 14.0 Å². The molecule has 0 saturated heterocycles. The van der Waals surface area contributed by atoms with Crippen LogP contribution in [0.5, 0.6) is 0 Å². The van der Waals surface area contributed by atoms with Crippen LogP contribution >= 0.6 is 11.6 Å². The highest BCUT2D eigenvalue weighted by molar-refractivity contribution is 6.30. The molecule has 110 valence electrons. The number of amides is 2. The first-order valence-electron chi connectivity index (χ1n) is 6.41. The predicted molar refractivity (Wildman–Crippen MR) is 78.9 cm³/mol. The Morgan fingerprint density at radius 1 is 1.14 bits per heavy atom. The van der Waals surface area contributed by atoms with E-state index in [0.717, 1.165) is 0 Å². The predicted octanol–water partition coefficient (Wildman–Crippen LogP) is 3.13. The van der Waals surface area contributed by atoms with Gasteiger partial charge in [0.05, 0.1) is 11.8 Å². The number of hydrazine groups is 1. The first-order valence-corrected chi connectivity index (χ1v) is 6.79. The molecule has 0 saturated carbocycles. The topological polar surface area (TPSA) is 62.6 Å². The van der Waals surface area contributed by atoms with Crippen molar-refractivity contribution in [3.8, 4) is 0 Å². The van der Waals surface area contributed by atoms with E-state index in [1.807, 2.05) is 13.8 Å². The number of hydrogen-bond acceptors (Lipinski definition) is 3. The van der Waals surface area contributed by atoms with Gasteiger partial charge in [-0.3, -0.25) is 15.0 Å². The number of furan rings is 1. The smallest absolute Gasteiger partial charge is 0.273 e. The maximum absolute atomic E-state index is 12.4. The van der Waals surface area contributed by atoms with E-state index in [0.29, 0.717) is 16.1 Å². The first kappa shape index (κ1) is 15.1. The molecule has 1 aromatic heterocycles. The van der Waals surface area contributed by atoms with Crippen LogP contribution in [-0.4, -0.2) is 22.9 Å². The van der Waals surface area contributed by atoms with E-state index in [4.69, 9.17) is 16.0 Å². The first-order chi connectivity index (χ1) is 9.99. The molecule has 1 heterocycles. The number of rotatable bonds is 3. The Balaban J connectivity index is 2.17.